The second-order valence-electron chi connectivity index (χ2n) is 6.73. The molecule has 0 saturated heterocycles. The lowest BCUT2D eigenvalue weighted by Crippen LogP contribution is -2.23. The highest BCUT2D eigenvalue weighted by molar-refractivity contribution is 7.27. The van der Waals surface area contributed by atoms with Crippen molar-refractivity contribution in [2.24, 2.45) is 5.16 Å². The van der Waals surface area contributed by atoms with Gasteiger partial charge >= 0.3 is 0 Å². The standard InChI is InChI=1S/C23H19F4N2OP/c1-5-13-14-9-7-8-10-15(14)21(12(3)22(13)29(4)6-2)28-30-11-16-17(24)18(25)19(26)20(27)23(16)31/h6-10H,1-2,11,31H2,3-4H3/b28-21-. The second kappa shape index (κ2) is 8.93. The molecule has 8 heteroatoms. The zero-order chi connectivity index (χ0) is 22.9. The van der Waals surface area contributed by atoms with E-state index in [1.54, 1.807) is 18.1 Å². The highest BCUT2D eigenvalue weighted by Crippen LogP contribution is 2.36. The Morgan fingerprint density at radius 1 is 1.10 bits per heavy atom. The van der Waals surface area contributed by atoms with Crippen molar-refractivity contribution in [1.82, 2.24) is 4.90 Å². The number of benzene rings is 2. The van der Waals surface area contributed by atoms with E-state index in [-0.39, 0.29) is 0 Å². The molecule has 0 amide bonds. The van der Waals surface area contributed by atoms with Gasteiger partial charge in [-0.15, -0.1) is 15.0 Å². The van der Waals surface area contributed by atoms with Crippen LogP contribution in [0.2, 0.25) is 0 Å². The predicted molar refractivity (Wildman–Crippen MR) is 117 cm³/mol. The molecule has 2 aromatic carbocycles. The Morgan fingerprint density at radius 3 is 2.32 bits per heavy atom. The minimum Gasteiger partial charge on any atom is -0.390 e. The summed E-state index contributed by atoms with van der Waals surface area (Å²) in [6, 6.07) is 7.35. The monoisotopic (exact) mass is 446 g/mol. The maximum absolute atomic E-state index is 14.1. The minimum absolute atomic E-state index is 0.437. The van der Waals surface area contributed by atoms with Crippen LogP contribution in [0.4, 0.5) is 17.6 Å². The Morgan fingerprint density at radius 2 is 1.71 bits per heavy atom. The third kappa shape index (κ3) is 3.83. The van der Waals surface area contributed by atoms with Crippen LogP contribution >= 0.6 is 9.24 Å². The van der Waals surface area contributed by atoms with Crippen LogP contribution in [-0.2, 0) is 11.4 Å². The number of halogens is 4. The summed E-state index contributed by atoms with van der Waals surface area (Å²) in [4.78, 5) is 7.06. The maximum Gasteiger partial charge on any atom is 0.198 e. The van der Waals surface area contributed by atoms with E-state index in [4.69, 9.17) is 4.84 Å². The van der Waals surface area contributed by atoms with Crippen molar-refractivity contribution in [3.05, 3.63) is 101 Å². The molecule has 0 bridgehead atoms. The molecule has 0 heterocycles. The Balaban J connectivity index is 2.08. The van der Waals surface area contributed by atoms with Crippen molar-refractivity contribution in [3.63, 3.8) is 0 Å². The van der Waals surface area contributed by atoms with E-state index >= 15 is 0 Å². The van der Waals surface area contributed by atoms with Crippen LogP contribution in [0.25, 0.3) is 5.57 Å². The first kappa shape index (κ1) is 22.5. The average molecular weight is 446 g/mol. The molecular formula is C23H19F4N2OP. The van der Waals surface area contributed by atoms with Gasteiger partial charge in [-0.3, -0.25) is 0 Å². The van der Waals surface area contributed by atoms with Crippen LogP contribution in [0, 0.1) is 23.3 Å². The number of likely N-dealkylation sites (N-methyl/N-ethyl adjacent to an activating group) is 1. The van der Waals surface area contributed by atoms with Crippen LogP contribution in [-0.4, -0.2) is 17.7 Å². The summed E-state index contributed by atoms with van der Waals surface area (Å²) in [5.41, 5.74) is 6.60. The average Bonchev–Trinajstić information content (AvgIpc) is 2.78. The molecule has 0 aliphatic heterocycles. The molecule has 1 unspecified atom stereocenters. The minimum atomic E-state index is -1.90. The smallest absolute Gasteiger partial charge is 0.198 e. The Bertz CT molecular complexity index is 1170. The second-order valence-corrected chi connectivity index (χ2v) is 7.30. The van der Waals surface area contributed by atoms with Crippen LogP contribution in [0.15, 0.2) is 65.8 Å². The first-order chi connectivity index (χ1) is 14.7. The molecule has 160 valence electrons. The quantitative estimate of drug-likeness (QED) is 0.158. The Labute approximate surface area is 179 Å². The zero-order valence-corrected chi connectivity index (χ0v) is 18.1. The van der Waals surface area contributed by atoms with Crippen LogP contribution in [0.5, 0.6) is 0 Å². The maximum atomic E-state index is 14.1. The summed E-state index contributed by atoms with van der Waals surface area (Å²) in [6.45, 7) is 8.77. The van der Waals surface area contributed by atoms with E-state index in [1.807, 2.05) is 40.4 Å². The number of rotatable bonds is 5. The lowest BCUT2D eigenvalue weighted by Gasteiger charge is -2.29. The number of hydrogen-bond donors (Lipinski definition) is 0. The van der Waals surface area contributed by atoms with E-state index in [9.17, 15) is 17.6 Å². The van der Waals surface area contributed by atoms with Crippen molar-refractivity contribution in [2.45, 2.75) is 13.5 Å². The first-order valence-electron chi connectivity index (χ1n) is 9.11. The molecule has 31 heavy (non-hydrogen) atoms. The Kier molecular flexibility index (Phi) is 6.49. The van der Waals surface area contributed by atoms with E-state index in [2.05, 4.69) is 24.0 Å². The number of oxime groups is 1. The van der Waals surface area contributed by atoms with Crippen molar-refractivity contribution < 1.29 is 22.4 Å². The van der Waals surface area contributed by atoms with Gasteiger partial charge < -0.3 is 9.74 Å². The topological polar surface area (TPSA) is 24.8 Å². The van der Waals surface area contributed by atoms with Crippen LogP contribution in [0.1, 0.15) is 23.6 Å². The molecule has 0 spiro atoms. The van der Waals surface area contributed by atoms with Crippen molar-refractivity contribution >= 4 is 25.8 Å². The van der Waals surface area contributed by atoms with Gasteiger partial charge in [0.1, 0.15) is 12.3 Å². The van der Waals surface area contributed by atoms with Gasteiger partial charge in [-0.25, -0.2) is 17.6 Å². The molecule has 3 rings (SSSR count). The summed E-state index contributed by atoms with van der Waals surface area (Å²) in [5, 5.41) is 3.66. The third-order valence-electron chi connectivity index (χ3n) is 4.97. The molecule has 1 atom stereocenters. The van der Waals surface area contributed by atoms with E-state index in [0.29, 0.717) is 11.3 Å². The molecule has 0 fully saturated rings. The molecule has 3 nitrogen and oxygen atoms in total. The highest BCUT2D eigenvalue weighted by atomic mass is 31.0. The molecule has 1 aliphatic rings. The molecule has 1 aliphatic carbocycles. The van der Waals surface area contributed by atoms with Gasteiger partial charge in [0.15, 0.2) is 23.3 Å². The van der Waals surface area contributed by atoms with Gasteiger partial charge in [-0.1, -0.05) is 42.6 Å². The molecule has 0 N–H and O–H groups in total. The Hall–Kier alpha value is -3.14. The SMILES string of the molecule is C=C=C1C(N(C)C=C)=C(C)/C(=N/OCc2c(F)c(F)c(F)c(F)c2P)c2ccccc21. The summed E-state index contributed by atoms with van der Waals surface area (Å²) < 4.78 is 54.9. The third-order valence-corrected chi connectivity index (χ3v) is 5.57. The summed E-state index contributed by atoms with van der Waals surface area (Å²) >= 11 is 0. The highest BCUT2D eigenvalue weighted by Gasteiger charge is 2.28. The van der Waals surface area contributed by atoms with E-state index in [0.717, 1.165) is 22.4 Å². The molecular weight excluding hydrogens is 427 g/mol. The first-order valence-corrected chi connectivity index (χ1v) is 9.69. The van der Waals surface area contributed by atoms with E-state index < -0.39 is 40.7 Å². The van der Waals surface area contributed by atoms with Crippen molar-refractivity contribution in [3.8, 4) is 0 Å². The van der Waals surface area contributed by atoms with Crippen molar-refractivity contribution in [1.29, 1.82) is 0 Å². The van der Waals surface area contributed by atoms with Crippen molar-refractivity contribution in [2.75, 3.05) is 7.05 Å². The largest absolute Gasteiger partial charge is 0.390 e. The zero-order valence-electron chi connectivity index (χ0n) is 16.9. The molecule has 2 aromatic rings. The predicted octanol–water partition coefficient (Wildman–Crippen LogP) is 5.20. The number of nitrogens with zero attached hydrogens (tertiary/aromatic N) is 2. The summed E-state index contributed by atoms with van der Waals surface area (Å²) in [7, 11) is 3.65. The van der Waals surface area contributed by atoms with Gasteiger partial charge in [0.2, 0.25) is 0 Å². The summed E-state index contributed by atoms with van der Waals surface area (Å²) in [6.07, 6.45) is 1.61. The lowest BCUT2D eigenvalue weighted by molar-refractivity contribution is 0.127. The lowest BCUT2D eigenvalue weighted by atomic mass is 9.84. The number of allylic oxidation sites excluding steroid dienone is 2. The van der Waals surface area contributed by atoms with Gasteiger partial charge in [0.05, 0.1) is 5.70 Å². The van der Waals surface area contributed by atoms with Gasteiger partial charge in [-0.05, 0) is 13.1 Å². The fourth-order valence-corrected chi connectivity index (χ4v) is 3.70. The summed E-state index contributed by atoms with van der Waals surface area (Å²) in [5.74, 6) is -6.79. The van der Waals surface area contributed by atoms with Crippen LogP contribution < -0.4 is 5.30 Å². The van der Waals surface area contributed by atoms with Gasteiger partial charge in [0.25, 0.3) is 0 Å². The number of fused-ring (bicyclic) bond motifs is 1. The molecule has 0 aromatic heterocycles. The van der Waals surface area contributed by atoms with Gasteiger partial charge in [0, 0.05) is 40.2 Å². The molecule has 0 saturated carbocycles. The van der Waals surface area contributed by atoms with Crippen LogP contribution in [0.3, 0.4) is 0 Å². The van der Waals surface area contributed by atoms with Gasteiger partial charge in [-0.2, -0.15) is 0 Å². The van der Waals surface area contributed by atoms with E-state index in [1.165, 1.54) is 0 Å². The normalized spacial score (nSPS) is 14.4. The fraction of sp³-hybridized carbons (Fsp3) is 0.130. The molecule has 0 radical (unpaired) electrons. The fourth-order valence-electron chi connectivity index (χ4n) is 3.36. The number of hydrogen-bond acceptors (Lipinski definition) is 3.